The first-order valence-corrected chi connectivity index (χ1v) is 12.6. The number of hydrogen-bond acceptors (Lipinski definition) is 7. The maximum Gasteiger partial charge on any atom is 0.407 e. The SMILES string of the molecule is COc1ccccc1N1C(=NC(=O)CCNC(=O)OC(C)(C)C)S[C@@H]2CS(=O)(=O)C[C@@H]21. The number of carbonyl (C=O) groups excluding carboxylic acids is 2. The van der Waals surface area contributed by atoms with Crippen LogP contribution in [0.25, 0.3) is 0 Å². The van der Waals surface area contributed by atoms with E-state index in [-0.39, 0.29) is 35.8 Å². The molecule has 1 aromatic rings. The Morgan fingerprint density at radius 3 is 2.65 bits per heavy atom. The lowest BCUT2D eigenvalue weighted by atomic mass is 10.2. The number of benzene rings is 1. The summed E-state index contributed by atoms with van der Waals surface area (Å²) < 4.78 is 34.9. The summed E-state index contributed by atoms with van der Waals surface area (Å²) in [7, 11) is -1.62. The van der Waals surface area contributed by atoms with Gasteiger partial charge in [0, 0.05) is 18.2 Å². The Bertz CT molecular complexity index is 987. The number of sulfone groups is 1. The molecule has 0 saturated carbocycles. The van der Waals surface area contributed by atoms with E-state index in [1.54, 1.807) is 31.7 Å². The molecule has 0 aromatic heterocycles. The number of carbonyl (C=O) groups is 2. The molecule has 2 atom stereocenters. The number of aliphatic imine (C=N–C) groups is 1. The number of methoxy groups -OCH3 is 1. The van der Waals surface area contributed by atoms with E-state index in [0.717, 1.165) is 0 Å². The van der Waals surface area contributed by atoms with Crippen molar-refractivity contribution in [2.45, 2.75) is 44.1 Å². The number of nitrogens with zero attached hydrogens (tertiary/aromatic N) is 2. The lowest BCUT2D eigenvalue weighted by Gasteiger charge is -2.26. The molecular formula is C20H27N3O6S2. The number of rotatable bonds is 5. The van der Waals surface area contributed by atoms with Crippen molar-refractivity contribution in [1.29, 1.82) is 0 Å². The van der Waals surface area contributed by atoms with Gasteiger partial charge >= 0.3 is 6.09 Å². The minimum Gasteiger partial charge on any atom is -0.495 e. The van der Waals surface area contributed by atoms with Crippen LogP contribution in [-0.4, -0.2) is 67.6 Å². The van der Waals surface area contributed by atoms with Crippen LogP contribution in [0.3, 0.4) is 0 Å². The van der Waals surface area contributed by atoms with Crippen molar-refractivity contribution in [1.82, 2.24) is 5.32 Å². The molecule has 9 nitrogen and oxygen atoms in total. The van der Waals surface area contributed by atoms with Crippen LogP contribution in [0, 0.1) is 0 Å². The molecule has 0 spiro atoms. The second-order valence-corrected chi connectivity index (χ2v) is 11.7. The van der Waals surface area contributed by atoms with E-state index < -0.39 is 27.4 Å². The fourth-order valence-electron chi connectivity index (χ4n) is 3.42. The van der Waals surface area contributed by atoms with Crippen molar-refractivity contribution >= 4 is 44.5 Å². The van der Waals surface area contributed by atoms with E-state index in [4.69, 9.17) is 9.47 Å². The Hall–Kier alpha value is -2.27. The van der Waals surface area contributed by atoms with Crippen LogP contribution < -0.4 is 15.0 Å². The normalized spacial score (nSPS) is 23.5. The van der Waals surface area contributed by atoms with E-state index in [1.807, 2.05) is 18.2 Å². The highest BCUT2D eigenvalue weighted by Gasteiger charge is 2.50. The Balaban J connectivity index is 1.75. The van der Waals surface area contributed by atoms with Gasteiger partial charge in [-0.05, 0) is 32.9 Å². The second-order valence-electron chi connectivity index (χ2n) is 8.31. The van der Waals surface area contributed by atoms with Crippen molar-refractivity contribution in [3.63, 3.8) is 0 Å². The number of fused-ring (bicyclic) bond motifs is 1. The van der Waals surface area contributed by atoms with E-state index in [1.165, 1.54) is 18.9 Å². The van der Waals surface area contributed by atoms with Gasteiger partial charge in [-0.3, -0.25) is 4.79 Å². The van der Waals surface area contributed by atoms with E-state index in [2.05, 4.69) is 10.3 Å². The van der Waals surface area contributed by atoms with Crippen molar-refractivity contribution in [3.05, 3.63) is 24.3 Å². The molecule has 170 valence electrons. The molecule has 1 N–H and O–H groups in total. The maximum atomic E-state index is 12.5. The van der Waals surface area contributed by atoms with Gasteiger partial charge < -0.3 is 19.7 Å². The number of amidine groups is 1. The molecule has 2 aliphatic rings. The van der Waals surface area contributed by atoms with E-state index >= 15 is 0 Å². The molecule has 2 amide bonds. The third kappa shape index (κ3) is 5.91. The predicted molar refractivity (Wildman–Crippen MR) is 121 cm³/mol. The quantitative estimate of drug-likeness (QED) is 0.698. The first-order chi connectivity index (χ1) is 14.5. The molecule has 2 saturated heterocycles. The molecule has 31 heavy (non-hydrogen) atoms. The van der Waals surface area contributed by atoms with Crippen molar-refractivity contribution in [3.8, 4) is 5.75 Å². The van der Waals surface area contributed by atoms with Gasteiger partial charge in [-0.1, -0.05) is 23.9 Å². The van der Waals surface area contributed by atoms with Crippen molar-refractivity contribution < 1.29 is 27.5 Å². The number of thioether (sulfide) groups is 1. The molecule has 0 unspecified atom stereocenters. The van der Waals surface area contributed by atoms with Gasteiger partial charge in [0.1, 0.15) is 11.4 Å². The average Bonchev–Trinajstić information content (AvgIpc) is 3.10. The first-order valence-electron chi connectivity index (χ1n) is 9.87. The summed E-state index contributed by atoms with van der Waals surface area (Å²) in [4.78, 5) is 30.2. The van der Waals surface area contributed by atoms with Gasteiger partial charge in [-0.2, -0.15) is 4.99 Å². The molecule has 0 bridgehead atoms. The standard InChI is InChI=1S/C20H27N3O6S2/c1-20(2,3)29-19(25)21-10-9-17(24)22-18-23(13-7-5-6-8-15(13)28-4)14-11-31(26,27)12-16(14)30-18/h5-8,14,16H,9-12H2,1-4H3,(H,21,25)/t14-,16+/m0/s1. The second kappa shape index (κ2) is 9.07. The van der Waals surface area contributed by atoms with Crippen LogP contribution in [0.15, 0.2) is 29.3 Å². The zero-order valence-corrected chi connectivity index (χ0v) is 19.6. The van der Waals surface area contributed by atoms with Gasteiger partial charge in [-0.25, -0.2) is 13.2 Å². The van der Waals surface area contributed by atoms with Crippen LogP contribution in [0.5, 0.6) is 5.75 Å². The minimum atomic E-state index is -3.16. The zero-order valence-electron chi connectivity index (χ0n) is 18.0. The van der Waals surface area contributed by atoms with Crippen LogP contribution in [-0.2, 0) is 19.4 Å². The highest BCUT2D eigenvalue weighted by molar-refractivity contribution is 8.16. The number of amides is 2. The molecule has 3 rings (SSSR count). The third-order valence-corrected chi connectivity index (χ3v) is 7.85. The largest absolute Gasteiger partial charge is 0.495 e. The smallest absolute Gasteiger partial charge is 0.407 e. The number of alkyl carbamates (subject to hydrolysis) is 1. The topological polar surface area (TPSA) is 114 Å². The Kier molecular flexibility index (Phi) is 6.85. The summed E-state index contributed by atoms with van der Waals surface area (Å²) in [5.74, 6) is 0.193. The maximum absolute atomic E-state index is 12.5. The van der Waals surface area contributed by atoms with Crippen LogP contribution in [0.1, 0.15) is 27.2 Å². The minimum absolute atomic E-state index is 0.00327. The lowest BCUT2D eigenvalue weighted by Crippen LogP contribution is -2.38. The number of hydrogen-bond donors (Lipinski definition) is 1. The summed E-state index contributed by atoms with van der Waals surface area (Å²) in [6.45, 7) is 5.35. The van der Waals surface area contributed by atoms with Crippen LogP contribution in [0.2, 0.25) is 0 Å². The monoisotopic (exact) mass is 469 g/mol. The summed E-state index contributed by atoms with van der Waals surface area (Å²) in [6, 6.07) is 6.91. The van der Waals surface area contributed by atoms with Gasteiger partial charge in [-0.15, -0.1) is 0 Å². The van der Waals surface area contributed by atoms with Crippen LogP contribution in [0.4, 0.5) is 10.5 Å². The number of anilines is 1. The number of nitrogens with one attached hydrogen (secondary N) is 1. The van der Waals surface area contributed by atoms with E-state index in [0.29, 0.717) is 16.6 Å². The van der Waals surface area contributed by atoms with Gasteiger partial charge in [0.2, 0.25) is 5.91 Å². The molecular weight excluding hydrogens is 442 g/mol. The molecule has 0 aliphatic carbocycles. The predicted octanol–water partition coefficient (Wildman–Crippen LogP) is 2.21. The Labute approximate surface area is 186 Å². The van der Waals surface area contributed by atoms with E-state index in [9.17, 15) is 18.0 Å². The summed E-state index contributed by atoms with van der Waals surface area (Å²) in [5, 5.41) is 2.77. The first kappa shape index (κ1) is 23.4. The van der Waals surface area contributed by atoms with Gasteiger partial charge in [0.25, 0.3) is 0 Å². The molecule has 1 aromatic carbocycles. The fourth-order valence-corrected chi connectivity index (χ4v) is 7.35. The zero-order chi connectivity index (χ0) is 22.8. The molecule has 11 heteroatoms. The van der Waals surface area contributed by atoms with Crippen LogP contribution >= 0.6 is 11.8 Å². The highest BCUT2D eigenvalue weighted by atomic mass is 32.2. The molecule has 0 radical (unpaired) electrons. The molecule has 2 aliphatic heterocycles. The number of para-hydroxylation sites is 2. The Morgan fingerprint density at radius 2 is 1.97 bits per heavy atom. The summed E-state index contributed by atoms with van der Waals surface area (Å²) in [6.07, 6.45) is -0.602. The lowest BCUT2D eigenvalue weighted by molar-refractivity contribution is -0.117. The van der Waals surface area contributed by atoms with Crippen molar-refractivity contribution in [2.75, 3.05) is 30.1 Å². The summed E-state index contributed by atoms with van der Waals surface area (Å²) >= 11 is 1.29. The Morgan fingerprint density at radius 1 is 1.26 bits per heavy atom. The highest BCUT2D eigenvalue weighted by Crippen LogP contribution is 2.43. The summed E-state index contributed by atoms with van der Waals surface area (Å²) in [5.41, 5.74) is 0.0443. The average molecular weight is 470 g/mol. The van der Waals surface area contributed by atoms with Gasteiger partial charge in [0.05, 0.1) is 30.3 Å². The third-order valence-electron chi connectivity index (χ3n) is 4.64. The van der Waals surface area contributed by atoms with Gasteiger partial charge in [0.15, 0.2) is 15.0 Å². The molecule has 2 heterocycles. The molecule has 2 fully saturated rings. The number of ether oxygens (including phenoxy) is 2. The van der Waals surface area contributed by atoms with Crippen molar-refractivity contribution in [2.24, 2.45) is 4.99 Å². The fraction of sp³-hybridized carbons (Fsp3) is 0.550.